The van der Waals surface area contributed by atoms with Crippen molar-refractivity contribution < 1.29 is 18.4 Å². The van der Waals surface area contributed by atoms with Crippen LogP contribution in [0.4, 0.5) is 5.82 Å². The Balaban J connectivity index is 0.000000253. The highest BCUT2D eigenvalue weighted by atomic mass is 35.5. The lowest BCUT2D eigenvalue weighted by molar-refractivity contribution is -0.125. The third kappa shape index (κ3) is 16.9. The molecule has 0 bridgehead atoms. The highest BCUT2D eigenvalue weighted by Crippen LogP contribution is 2.30. The summed E-state index contributed by atoms with van der Waals surface area (Å²) < 4.78 is 10.00. The summed E-state index contributed by atoms with van der Waals surface area (Å²) in [5.41, 5.74) is 5.57. The molecule has 2 aliphatic heterocycles. The number of para-hydroxylation sites is 2. The molecular formula is C52H75ClN10O6. The van der Waals surface area contributed by atoms with E-state index >= 15 is 0 Å². The molecule has 2 atom stereocenters. The molecule has 2 amide bonds. The molecule has 0 radical (unpaired) electrons. The topological polar surface area (TPSA) is 237 Å². The molecule has 2 aliphatic rings. The van der Waals surface area contributed by atoms with Crippen molar-refractivity contribution in [2.75, 3.05) is 44.6 Å². The number of fused-ring (bicyclic) bond motifs is 2. The number of nitriles is 2. The van der Waals surface area contributed by atoms with Crippen molar-refractivity contribution in [1.82, 2.24) is 30.4 Å². The van der Waals surface area contributed by atoms with E-state index in [9.17, 15) is 29.7 Å². The number of benzene rings is 2. The van der Waals surface area contributed by atoms with Gasteiger partial charge in [0.25, 0.3) is 0 Å². The molecule has 2 saturated heterocycles. The van der Waals surface area contributed by atoms with E-state index in [0.717, 1.165) is 77.8 Å². The average Bonchev–Trinajstić information content (AvgIpc) is 3.33. The number of amides is 2. The minimum absolute atomic E-state index is 0.0594. The molecule has 16 nitrogen and oxygen atoms in total. The van der Waals surface area contributed by atoms with Gasteiger partial charge in [-0.2, -0.15) is 20.5 Å². The molecule has 6 rings (SSSR count). The maximum absolute atomic E-state index is 13.5. The van der Waals surface area contributed by atoms with Crippen molar-refractivity contribution in [2.24, 2.45) is 16.6 Å². The molecule has 4 heterocycles. The van der Waals surface area contributed by atoms with Crippen LogP contribution in [0.25, 0.3) is 21.9 Å². The molecule has 2 aromatic carbocycles. The first-order chi connectivity index (χ1) is 32.7. The van der Waals surface area contributed by atoms with Crippen LogP contribution in [0.2, 0.25) is 5.15 Å². The number of hydrogen-bond acceptors (Lipinski definition) is 14. The van der Waals surface area contributed by atoms with Crippen LogP contribution in [-0.2, 0) is 9.59 Å². The number of aromatic nitrogens is 2. The van der Waals surface area contributed by atoms with E-state index in [1.165, 1.54) is 0 Å². The van der Waals surface area contributed by atoms with Gasteiger partial charge in [-0.25, -0.2) is 9.59 Å². The molecule has 69 heavy (non-hydrogen) atoms. The Morgan fingerprint density at radius 1 is 0.725 bits per heavy atom. The van der Waals surface area contributed by atoms with Gasteiger partial charge < -0.3 is 40.3 Å². The summed E-state index contributed by atoms with van der Waals surface area (Å²) in [7, 11) is 0. The average molecular weight is 972 g/mol. The summed E-state index contributed by atoms with van der Waals surface area (Å²) in [6.07, 6.45) is 9.72. The van der Waals surface area contributed by atoms with Gasteiger partial charge in [0.15, 0.2) is 0 Å². The van der Waals surface area contributed by atoms with Crippen LogP contribution >= 0.6 is 11.6 Å². The zero-order valence-electron chi connectivity index (χ0n) is 42.1. The van der Waals surface area contributed by atoms with Gasteiger partial charge in [-0.15, -0.1) is 0 Å². The van der Waals surface area contributed by atoms with Crippen LogP contribution < -0.4 is 33.2 Å². The Kier molecular flexibility index (Phi) is 21.2. The molecule has 0 aliphatic carbocycles. The zero-order chi connectivity index (χ0) is 50.8. The maximum Gasteiger partial charge on any atom is 0.441 e. The standard InChI is InChI=1S/C26H37N5O3.C18H34N4O.C8H4ClNO2/c1-5-15-31-16-13-26(18-27,14-17-31)30-23(32)20(11-12-25(3,4)6-2)28-22-19-9-7-8-10-21(19)34-24(33)29-22;1-5-11-22-12-9-18(14-19,10-13-22)21-16(23)15(20)7-8-17(3,4)6-2;9-7-5-3-1-2-4-6(5)12-8(11)10-7/h7-10,20H,5-6,11-17H2,1-4H3,(H,30,32)(H,28,29,33);15H,5-13,20H2,1-4H3,(H,21,23);1-4H. The minimum Gasteiger partial charge on any atom is -0.408 e. The number of nitrogens with two attached hydrogens (primary N) is 1. The van der Waals surface area contributed by atoms with E-state index in [0.29, 0.717) is 66.3 Å². The molecule has 4 aromatic rings. The quantitative estimate of drug-likeness (QED) is 0.0734. The van der Waals surface area contributed by atoms with Crippen molar-refractivity contribution in [2.45, 2.75) is 156 Å². The molecule has 2 fully saturated rings. The fourth-order valence-corrected chi connectivity index (χ4v) is 8.47. The lowest BCUT2D eigenvalue weighted by Crippen LogP contribution is -2.57. The van der Waals surface area contributed by atoms with Crippen LogP contribution in [0.3, 0.4) is 0 Å². The maximum atomic E-state index is 13.5. The number of nitrogens with one attached hydrogen (secondary N) is 3. The predicted octanol–water partition coefficient (Wildman–Crippen LogP) is 8.33. The normalized spacial score (nSPS) is 16.9. The number of halogens is 1. The number of nitrogens with zero attached hydrogens (tertiary/aromatic N) is 6. The Hall–Kier alpha value is -5.39. The second kappa shape index (κ2) is 26.0. The Morgan fingerprint density at radius 2 is 1.16 bits per heavy atom. The van der Waals surface area contributed by atoms with Gasteiger partial charge in [0.1, 0.15) is 39.3 Å². The number of anilines is 1. The summed E-state index contributed by atoms with van der Waals surface area (Å²) in [6.45, 7) is 22.7. The van der Waals surface area contributed by atoms with Crippen molar-refractivity contribution in [3.05, 3.63) is 74.8 Å². The van der Waals surface area contributed by atoms with Crippen molar-refractivity contribution in [1.29, 1.82) is 10.5 Å². The smallest absolute Gasteiger partial charge is 0.408 e. The van der Waals surface area contributed by atoms with Gasteiger partial charge in [-0.3, -0.25) is 9.59 Å². The Labute approximate surface area is 412 Å². The minimum atomic E-state index is -0.882. The van der Waals surface area contributed by atoms with Gasteiger partial charge in [-0.05, 0) is 112 Å². The second-order valence-corrected chi connectivity index (χ2v) is 20.4. The third-order valence-corrected chi connectivity index (χ3v) is 14.1. The number of likely N-dealkylation sites (tertiary alicyclic amines) is 2. The molecule has 5 N–H and O–H groups in total. The molecule has 2 unspecified atom stereocenters. The largest absolute Gasteiger partial charge is 0.441 e. The molecule has 0 spiro atoms. The summed E-state index contributed by atoms with van der Waals surface area (Å²) in [4.78, 5) is 60.9. The number of carbonyl (C=O) groups excluding carboxylic acids is 2. The number of piperidine rings is 2. The van der Waals surface area contributed by atoms with Crippen molar-refractivity contribution >= 4 is 51.2 Å². The van der Waals surface area contributed by atoms with Gasteiger partial charge in [0, 0.05) is 26.2 Å². The van der Waals surface area contributed by atoms with Gasteiger partial charge >= 0.3 is 11.5 Å². The van der Waals surface area contributed by atoms with Crippen LogP contribution in [0.5, 0.6) is 0 Å². The molecular weight excluding hydrogens is 896 g/mol. The lowest BCUT2D eigenvalue weighted by atomic mass is 9.83. The molecule has 376 valence electrons. The SMILES string of the molecule is CCCN1CCC(C#N)(NC(=O)C(CCC(C)(C)CC)Nc2nc(=O)oc3ccccc23)CC1.CCCN1CCC(C#N)(NC(=O)C(N)CCC(C)(C)CC)CC1.O=c1nc(Cl)c2ccccc2o1. The lowest BCUT2D eigenvalue weighted by Gasteiger charge is -2.38. The van der Waals surface area contributed by atoms with Crippen LogP contribution in [-0.4, -0.2) is 94.0 Å². The summed E-state index contributed by atoms with van der Waals surface area (Å²) in [6, 6.07) is 17.7. The zero-order valence-corrected chi connectivity index (χ0v) is 42.8. The van der Waals surface area contributed by atoms with Crippen molar-refractivity contribution in [3.63, 3.8) is 0 Å². The highest BCUT2D eigenvalue weighted by Gasteiger charge is 2.39. The first-order valence-electron chi connectivity index (χ1n) is 24.6. The van der Waals surface area contributed by atoms with E-state index < -0.39 is 34.7 Å². The van der Waals surface area contributed by atoms with E-state index in [-0.39, 0.29) is 27.8 Å². The fourth-order valence-electron chi connectivity index (χ4n) is 8.24. The first-order valence-corrected chi connectivity index (χ1v) is 25.0. The third-order valence-electron chi connectivity index (χ3n) is 13.8. The summed E-state index contributed by atoms with van der Waals surface area (Å²) >= 11 is 5.69. The van der Waals surface area contributed by atoms with Gasteiger partial charge in [-0.1, -0.05) is 104 Å². The van der Waals surface area contributed by atoms with Gasteiger partial charge in [0.2, 0.25) is 11.8 Å². The highest BCUT2D eigenvalue weighted by molar-refractivity contribution is 6.33. The second-order valence-electron chi connectivity index (χ2n) is 20.1. The molecule has 17 heteroatoms. The van der Waals surface area contributed by atoms with E-state index in [1.54, 1.807) is 42.5 Å². The first kappa shape index (κ1) is 56.2. The van der Waals surface area contributed by atoms with Gasteiger partial charge in [0.05, 0.1) is 29.0 Å². The number of carbonyl (C=O) groups is 2. The van der Waals surface area contributed by atoms with E-state index in [2.05, 4.69) is 103 Å². The van der Waals surface area contributed by atoms with Crippen LogP contribution in [0, 0.1) is 33.5 Å². The Bertz CT molecular complexity index is 2500. The molecule has 0 saturated carbocycles. The van der Waals surface area contributed by atoms with E-state index in [4.69, 9.17) is 26.2 Å². The van der Waals surface area contributed by atoms with E-state index in [1.807, 2.05) is 6.07 Å². The summed E-state index contributed by atoms with van der Waals surface area (Å²) in [5, 5.41) is 30.2. The predicted molar refractivity (Wildman–Crippen MR) is 272 cm³/mol. The Morgan fingerprint density at radius 3 is 1.64 bits per heavy atom. The fraction of sp³-hybridized carbons (Fsp3) is 0.615. The number of rotatable bonds is 18. The van der Waals surface area contributed by atoms with Crippen LogP contribution in [0.15, 0.2) is 67.0 Å². The molecule has 2 aromatic heterocycles. The van der Waals surface area contributed by atoms with Crippen molar-refractivity contribution in [3.8, 4) is 12.1 Å². The van der Waals surface area contributed by atoms with Crippen LogP contribution in [0.1, 0.15) is 132 Å². The summed E-state index contributed by atoms with van der Waals surface area (Å²) in [5.74, 6) is -1.48. The monoisotopic (exact) mass is 971 g/mol. The number of hydrogen-bond donors (Lipinski definition) is 4.